The molecule has 2 fully saturated rings. The van der Waals surface area contributed by atoms with Gasteiger partial charge in [-0.15, -0.1) is 0 Å². The molecule has 2 aliphatic heterocycles. The Labute approximate surface area is 109 Å². The van der Waals surface area contributed by atoms with Gasteiger partial charge in [0.05, 0.1) is 12.6 Å². The summed E-state index contributed by atoms with van der Waals surface area (Å²) in [7, 11) is 0. The summed E-state index contributed by atoms with van der Waals surface area (Å²) in [6.45, 7) is 7.66. The normalized spacial score (nSPS) is 32.9. The van der Waals surface area contributed by atoms with E-state index in [4.69, 9.17) is 15.2 Å². The fourth-order valence-electron chi connectivity index (χ4n) is 2.66. The largest absolute Gasteiger partial charge is 0.444 e. The molecule has 104 valence electrons. The van der Waals surface area contributed by atoms with Crippen molar-refractivity contribution in [3.8, 4) is 0 Å². The number of amides is 1. The average molecular weight is 256 g/mol. The molecule has 2 aliphatic rings. The molecule has 1 amide bonds. The molecule has 18 heavy (non-hydrogen) atoms. The monoisotopic (exact) mass is 256 g/mol. The van der Waals surface area contributed by atoms with Crippen LogP contribution >= 0.6 is 0 Å². The highest BCUT2D eigenvalue weighted by molar-refractivity contribution is 5.68. The zero-order valence-corrected chi connectivity index (χ0v) is 11.5. The van der Waals surface area contributed by atoms with Crippen molar-refractivity contribution in [1.82, 2.24) is 4.90 Å². The quantitative estimate of drug-likeness (QED) is 0.710. The summed E-state index contributed by atoms with van der Waals surface area (Å²) in [6, 6.07) is 0.213. The first-order chi connectivity index (χ1) is 8.37. The van der Waals surface area contributed by atoms with Crippen LogP contribution in [0.1, 0.15) is 33.6 Å². The van der Waals surface area contributed by atoms with Crippen LogP contribution in [-0.4, -0.2) is 48.4 Å². The van der Waals surface area contributed by atoms with Crippen molar-refractivity contribution in [2.24, 2.45) is 11.7 Å². The van der Waals surface area contributed by atoms with E-state index in [9.17, 15) is 4.79 Å². The van der Waals surface area contributed by atoms with Gasteiger partial charge < -0.3 is 20.1 Å². The van der Waals surface area contributed by atoms with E-state index in [1.807, 2.05) is 20.8 Å². The Morgan fingerprint density at radius 3 is 2.78 bits per heavy atom. The minimum atomic E-state index is -0.447. The van der Waals surface area contributed by atoms with E-state index >= 15 is 0 Å². The third-order valence-corrected chi connectivity index (χ3v) is 3.59. The van der Waals surface area contributed by atoms with Crippen LogP contribution < -0.4 is 5.73 Å². The van der Waals surface area contributed by atoms with Crippen LogP contribution in [0.4, 0.5) is 4.79 Å². The first-order valence-corrected chi connectivity index (χ1v) is 6.72. The van der Waals surface area contributed by atoms with Gasteiger partial charge in [-0.3, -0.25) is 0 Å². The third-order valence-electron chi connectivity index (χ3n) is 3.59. The molecule has 0 bridgehead atoms. The molecule has 3 atom stereocenters. The Hall–Kier alpha value is -0.810. The van der Waals surface area contributed by atoms with Gasteiger partial charge in [-0.05, 0) is 33.6 Å². The molecule has 0 radical (unpaired) electrons. The SMILES string of the molecule is CC(C)(C)OC(=O)N1CC[C@@H]2[C@H](C1)OCC[C@@H]2N. The Balaban J connectivity index is 1.92. The van der Waals surface area contributed by atoms with Crippen LogP contribution in [0, 0.1) is 5.92 Å². The number of fused-ring (bicyclic) bond motifs is 1. The molecule has 0 aromatic heterocycles. The molecule has 2 rings (SSSR count). The minimum Gasteiger partial charge on any atom is -0.444 e. The maximum absolute atomic E-state index is 12.0. The van der Waals surface area contributed by atoms with Crippen molar-refractivity contribution in [2.75, 3.05) is 19.7 Å². The Morgan fingerprint density at radius 2 is 2.11 bits per heavy atom. The lowest BCUT2D eigenvalue weighted by Gasteiger charge is -2.43. The number of ether oxygens (including phenoxy) is 2. The lowest BCUT2D eigenvalue weighted by atomic mass is 9.84. The fraction of sp³-hybridized carbons (Fsp3) is 0.923. The number of hydrogen-bond acceptors (Lipinski definition) is 4. The molecular formula is C13H24N2O3. The van der Waals surface area contributed by atoms with E-state index in [2.05, 4.69) is 0 Å². The Kier molecular flexibility index (Phi) is 3.82. The van der Waals surface area contributed by atoms with Gasteiger partial charge in [-0.2, -0.15) is 0 Å². The van der Waals surface area contributed by atoms with Gasteiger partial charge in [0.2, 0.25) is 0 Å². The molecule has 0 aromatic rings. The number of rotatable bonds is 0. The van der Waals surface area contributed by atoms with Gasteiger partial charge in [0.15, 0.2) is 0 Å². The second-order valence-electron chi connectivity index (χ2n) is 6.24. The number of nitrogens with zero attached hydrogens (tertiary/aromatic N) is 1. The first-order valence-electron chi connectivity index (χ1n) is 6.72. The van der Waals surface area contributed by atoms with Crippen LogP contribution in [0.5, 0.6) is 0 Å². The van der Waals surface area contributed by atoms with Gasteiger partial charge >= 0.3 is 6.09 Å². The molecule has 5 heteroatoms. The summed E-state index contributed by atoms with van der Waals surface area (Å²) < 4.78 is 11.1. The van der Waals surface area contributed by atoms with E-state index in [0.717, 1.165) is 12.8 Å². The molecule has 5 nitrogen and oxygen atoms in total. The number of nitrogens with two attached hydrogens (primary N) is 1. The third kappa shape index (κ3) is 3.14. The van der Waals surface area contributed by atoms with Crippen LogP contribution in [0.25, 0.3) is 0 Å². The topological polar surface area (TPSA) is 64.8 Å². The highest BCUT2D eigenvalue weighted by Gasteiger charge is 2.39. The standard InChI is InChI=1S/C13H24N2O3/c1-13(2,3)18-12(16)15-6-4-9-10(14)5-7-17-11(9)8-15/h9-11H,4-8,14H2,1-3H3/t9-,10-,11-/m0/s1. The van der Waals surface area contributed by atoms with Crippen molar-refractivity contribution in [3.05, 3.63) is 0 Å². The summed E-state index contributed by atoms with van der Waals surface area (Å²) in [5.41, 5.74) is 5.65. The highest BCUT2D eigenvalue weighted by Crippen LogP contribution is 2.28. The van der Waals surface area contributed by atoms with Crippen molar-refractivity contribution in [1.29, 1.82) is 0 Å². The first kappa shape index (κ1) is 13.6. The van der Waals surface area contributed by atoms with E-state index in [0.29, 0.717) is 25.6 Å². The predicted molar refractivity (Wildman–Crippen MR) is 68.2 cm³/mol. The second-order valence-corrected chi connectivity index (χ2v) is 6.24. The van der Waals surface area contributed by atoms with Crippen LogP contribution in [0.3, 0.4) is 0 Å². The molecule has 0 saturated carbocycles. The maximum Gasteiger partial charge on any atom is 0.410 e. The molecule has 0 aliphatic carbocycles. The minimum absolute atomic E-state index is 0.0787. The zero-order chi connectivity index (χ0) is 13.3. The second kappa shape index (κ2) is 5.05. The van der Waals surface area contributed by atoms with Crippen molar-refractivity contribution in [3.63, 3.8) is 0 Å². The summed E-state index contributed by atoms with van der Waals surface area (Å²) in [6.07, 6.45) is 1.66. The number of piperidine rings is 1. The predicted octanol–water partition coefficient (Wildman–Crippen LogP) is 1.36. The Bertz CT molecular complexity index is 314. The highest BCUT2D eigenvalue weighted by atomic mass is 16.6. The van der Waals surface area contributed by atoms with E-state index in [1.165, 1.54) is 0 Å². The van der Waals surface area contributed by atoms with Crippen LogP contribution in [0.15, 0.2) is 0 Å². The molecular weight excluding hydrogens is 232 g/mol. The van der Waals surface area contributed by atoms with Crippen molar-refractivity contribution < 1.29 is 14.3 Å². The summed E-state index contributed by atoms with van der Waals surface area (Å²) >= 11 is 0. The van der Waals surface area contributed by atoms with Gasteiger partial charge in [-0.25, -0.2) is 4.79 Å². The van der Waals surface area contributed by atoms with Gasteiger partial charge in [0.25, 0.3) is 0 Å². The van der Waals surface area contributed by atoms with E-state index in [1.54, 1.807) is 4.90 Å². The number of hydrogen-bond donors (Lipinski definition) is 1. The maximum atomic E-state index is 12.0. The van der Waals surface area contributed by atoms with Gasteiger partial charge in [0, 0.05) is 25.1 Å². The summed E-state index contributed by atoms with van der Waals surface area (Å²) in [5, 5.41) is 0. The number of carbonyl (C=O) groups is 1. The van der Waals surface area contributed by atoms with Crippen LogP contribution in [0.2, 0.25) is 0 Å². The molecule has 2 saturated heterocycles. The lowest BCUT2D eigenvalue weighted by molar-refractivity contribution is -0.0794. The molecule has 0 aromatic carbocycles. The Morgan fingerprint density at radius 1 is 1.39 bits per heavy atom. The molecule has 0 unspecified atom stereocenters. The summed E-state index contributed by atoms with van der Waals surface area (Å²) in [4.78, 5) is 13.7. The van der Waals surface area contributed by atoms with E-state index < -0.39 is 5.60 Å². The smallest absolute Gasteiger partial charge is 0.410 e. The summed E-state index contributed by atoms with van der Waals surface area (Å²) in [5.74, 6) is 0.387. The van der Waals surface area contributed by atoms with Crippen molar-refractivity contribution >= 4 is 6.09 Å². The van der Waals surface area contributed by atoms with Crippen molar-refractivity contribution in [2.45, 2.75) is 51.4 Å². The van der Waals surface area contributed by atoms with Gasteiger partial charge in [0.1, 0.15) is 5.60 Å². The zero-order valence-electron chi connectivity index (χ0n) is 11.5. The van der Waals surface area contributed by atoms with E-state index in [-0.39, 0.29) is 18.2 Å². The van der Waals surface area contributed by atoms with Crippen LogP contribution in [-0.2, 0) is 9.47 Å². The molecule has 0 spiro atoms. The number of likely N-dealkylation sites (tertiary alicyclic amines) is 1. The number of carbonyl (C=O) groups excluding carboxylic acids is 1. The lowest BCUT2D eigenvalue weighted by Crippen LogP contribution is -2.56. The molecule has 2 N–H and O–H groups in total. The fourth-order valence-corrected chi connectivity index (χ4v) is 2.66. The molecule has 2 heterocycles. The average Bonchev–Trinajstić information content (AvgIpc) is 2.26. The van der Waals surface area contributed by atoms with Gasteiger partial charge in [-0.1, -0.05) is 0 Å².